The number of benzene rings is 1. The topological polar surface area (TPSA) is 84.8 Å². The molecule has 1 fully saturated rings. The number of carboxylic acid groups (broad SMARTS) is 1. The fourth-order valence-corrected chi connectivity index (χ4v) is 2.56. The van der Waals surface area contributed by atoms with Crippen molar-refractivity contribution in [2.24, 2.45) is 0 Å². The van der Waals surface area contributed by atoms with Gasteiger partial charge in [-0.25, -0.2) is 9.97 Å². The lowest BCUT2D eigenvalue weighted by atomic mass is 10.1. The van der Waals surface area contributed by atoms with Gasteiger partial charge in [-0.05, 0) is 23.8 Å². The summed E-state index contributed by atoms with van der Waals surface area (Å²) in [6.07, 6.45) is 3.34. The minimum Gasteiger partial charge on any atom is -0.481 e. The Morgan fingerprint density at radius 3 is 2.75 bits per heavy atom. The average Bonchev–Trinajstić information content (AvgIpc) is 2.62. The van der Waals surface area contributed by atoms with E-state index in [9.17, 15) is 4.79 Å². The van der Waals surface area contributed by atoms with E-state index in [0.29, 0.717) is 31.5 Å². The highest BCUT2D eigenvalue weighted by Gasteiger charge is 2.22. The van der Waals surface area contributed by atoms with E-state index in [0.717, 1.165) is 12.1 Å². The number of carbonyl (C=O) groups is 1. The summed E-state index contributed by atoms with van der Waals surface area (Å²) < 4.78 is 11.4. The highest BCUT2D eigenvalue weighted by Crippen LogP contribution is 2.25. The molecule has 0 aliphatic carbocycles. The third kappa shape index (κ3) is 4.50. The quantitative estimate of drug-likeness (QED) is 0.869. The second kappa shape index (κ2) is 7.85. The van der Waals surface area contributed by atoms with Crippen molar-refractivity contribution >= 4 is 5.97 Å². The van der Waals surface area contributed by atoms with Gasteiger partial charge in [-0.15, -0.1) is 0 Å². The summed E-state index contributed by atoms with van der Waals surface area (Å²) in [5.41, 5.74) is 1.04. The fraction of sp³-hybridized carbons (Fsp3) is 0.353. The van der Waals surface area contributed by atoms with Crippen molar-refractivity contribution in [2.75, 3.05) is 26.2 Å². The molecule has 126 valence electrons. The van der Waals surface area contributed by atoms with Crippen LogP contribution in [0, 0.1) is 0 Å². The van der Waals surface area contributed by atoms with Gasteiger partial charge in [-0.3, -0.25) is 9.69 Å². The third-order valence-corrected chi connectivity index (χ3v) is 3.80. The first-order valence-electron chi connectivity index (χ1n) is 7.81. The van der Waals surface area contributed by atoms with E-state index in [1.165, 1.54) is 0 Å². The number of morpholine rings is 1. The van der Waals surface area contributed by atoms with Crippen molar-refractivity contribution in [3.05, 3.63) is 48.3 Å². The molecular formula is C17H19N3O4. The number of hydrogen-bond acceptors (Lipinski definition) is 6. The van der Waals surface area contributed by atoms with Crippen LogP contribution in [0.3, 0.4) is 0 Å². The van der Waals surface area contributed by atoms with Gasteiger partial charge in [0.2, 0.25) is 0 Å². The summed E-state index contributed by atoms with van der Waals surface area (Å²) >= 11 is 0. The van der Waals surface area contributed by atoms with E-state index in [4.69, 9.17) is 14.6 Å². The number of carboxylic acids is 1. The summed E-state index contributed by atoms with van der Waals surface area (Å²) in [6, 6.07) is 9.63. The molecular weight excluding hydrogens is 310 g/mol. The smallest absolute Gasteiger partial charge is 0.321 e. The van der Waals surface area contributed by atoms with Crippen molar-refractivity contribution in [2.45, 2.75) is 12.5 Å². The molecule has 24 heavy (non-hydrogen) atoms. The maximum Gasteiger partial charge on any atom is 0.321 e. The number of rotatable bonds is 6. The molecule has 1 saturated heterocycles. The van der Waals surface area contributed by atoms with E-state index in [1.807, 2.05) is 24.3 Å². The zero-order chi connectivity index (χ0) is 16.8. The number of aliphatic carboxylic acids is 1. The lowest BCUT2D eigenvalue weighted by Gasteiger charge is -2.32. The van der Waals surface area contributed by atoms with Crippen molar-refractivity contribution < 1.29 is 19.4 Å². The SMILES string of the molecule is O=C(O)CCN1CCOC(c2ccc(Oc3ncccn3)cc2)C1. The van der Waals surface area contributed by atoms with Crippen molar-refractivity contribution in [1.29, 1.82) is 0 Å². The molecule has 3 rings (SSSR count). The Hall–Kier alpha value is -2.51. The number of ether oxygens (including phenoxy) is 2. The van der Waals surface area contributed by atoms with E-state index in [-0.39, 0.29) is 12.5 Å². The molecule has 1 aliphatic rings. The highest BCUT2D eigenvalue weighted by atomic mass is 16.5. The van der Waals surface area contributed by atoms with Gasteiger partial charge in [0.05, 0.1) is 19.1 Å². The molecule has 0 spiro atoms. The molecule has 0 radical (unpaired) electrons. The van der Waals surface area contributed by atoms with E-state index in [2.05, 4.69) is 14.9 Å². The lowest BCUT2D eigenvalue weighted by molar-refractivity contribution is -0.137. The molecule has 2 aromatic rings. The van der Waals surface area contributed by atoms with Gasteiger partial charge in [0.1, 0.15) is 5.75 Å². The van der Waals surface area contributed by atoms with Gasteiger partial charge >= 0.3 is 12.0 Å². The molecule has 7 heteroatoms. The Bertz CT molecular complexity index is 663. The molecule has 7 nitrogen and oxygen atoms in total. The van der Waals surface area contributed by atoms with E-state index >= 15 is 0 Å². The largest absolute Gasteiger partial charge is 0.481 e. The highest BCUT2D eigenvalue weighted by molar-refractivity contribution is 5.66. The second-order valence-corrected chi connectivity index (χ2v) is 5.51. The zero-order valence-electron chi connectivity index (χ0n) is 13.2. The van der Waals surface area contributed by atoms with Gasteiger partial charge < -0.3 is 14.6 Å². The molecule has 1 aliphatic heterocycles. The van der Waals surface area contributed by atoms with Gasteiger partial charge in [0, 0.05) is 32.0 Å². The van der Waals surface area contributed by atoms with Crippen LogP contribution in [0.25, 0.3) is 0 Å². The first-order chi connectivity index (χ1) is 11.7. The lowest BCUT2D eigenvalue weighted by Crippen LogP contribution is -2.39. The molecule has 1 N–H and O–H groups in total. The standard InChI is InChI=1S/C17H19N3O4/c21-16(22)6-9-20-10-11-23-15(12-20)13-2-4-14(5-3-13)24-17-18-7-1-8-19-17/h1-5,7-8,15H,6,9-12H2,(H,21,22). The van der Waals surface area contributed by atoms with E-state index < -0.39 is 5.97 Å². The Morgan fingerprint density at radius 1 is 1.29 bits per heavy atom. The summed E-state index contributed by atoms with van der Waals surface area (Å²) in [5.74, 6) is -0.119. The molecule has 2 heterocycles. The van der Waals surface area contributed by atoms with Crippen LogP contribution >= 0.6 is 0 Å². The first kappa shape index (κ1) is 16.4. The molecule has 0 amide bonds. The van der Waals surface area contributed by atoms with Gasteiger partial charge in [-0.1, -0.05) is 12.1 Å². The average molecular weight is 329 g/mol. The van der Waals surface area contributed by atoms with Crippen LogP contribution < -0.4 is 4.74 Å². The van der Waals surface area contributed by atoms with Crippen LogP contribution in [-0.4, -0.2) is 52.2 Å². The Kier molecular flexibility index (Phi) is 5.35. The first-order valence-corrected chi connectivity index (χ1v) is 7.81. The molecule has 1 aromatic carbocycles. The maximum atomic E-state index is 10.7. The number of aromatic nitrogens is 2. The Balaban J connectivity index is 1.59. The second-order valence-electron chi connectivity index (χ2n) is 5.51. The summed E-state index contributed by atoms with van der Waals surface area (Å²) in [6.45, 7) is 2.59. The summed E-state index contributed by atoms with van der Waals surface area (Å²) in [4.78, 5) is 20.9. The molecule has 1 unspecified atom stereocenters. The monoisotopic (exact) mass is 329 g/mol. The third-order valence-electron chi connectivity index (χ3n) is 3.80. The van der Waals surface area contributed by atoms with Crippen LogP contribution in [0.5, 0.6) is 11.8 Å². The Labute approximate surface area is 139 Å². The number of nitrogens with zero attached hydrogens (tertiary/aromatic N) is 3. The number of hydrogen-bond donors (Lipinski definition) is 1. The molecule has 1 aromatic heterocycles. The van der Waals surface area contributed by atoms with Crippen LogP contribution in [0.15, 0.2) is 42.7 Å². The predicted octanol–water partition coefficient (Wildman–Crippen LogP) is 2.12. The van der Waals surface area contributed by atoms with Crippen molar-refractivity contribution in [3.8, 4) is 11.8 Å². The molecule has 0 bridgehead atoms. The Morgan fingerprint density at radius 2 is 2.04 bits per heavy atom. The van der Waals surface area contributed by atoms with E-state index in [1.54, 1.807) is 18.5 Å². The van der Waals surface area contributed by atoms with Crippen molar-refractivity contribution in [1.82, 2.24) is 14.9 Å². The van der Waals surface area contributed by atoms with Crippen molar-refractivity contribution in [3.63, 3.8) is 0 Å². The van der Waals surface area contributed by atoms with Crippen LogP contribution in [0.1, 0.15) is 18.1 Å². The van der Waals surface area contributed by atoms with Crippen LogP contribution in [0.2, 0.25) is 0 Å². The van der Waals surface area contributed by atoms with Gasteiger partial charge in [0.15, 0.2) is 0 Å². The summed E-state index contributed by atoms with van der Waals surface area (Å²) in [5, 5.41) is 8.80. The van der Waals surface area contributed by atoms with Gasteiger partial charge in [-0.2, -0.15) is 0 Å². The minimum absolute atomic E-state index is 0.0606. The molecule has 1 atom stereocenters. The minimum atomic E-state index is -0.775. The summed E-state index contributed by atoms with van der Waals surface area (Å²) in [7, 11) is 0. The predicted molar refractivity (Wildman–Crippen MR) is 85.9 cm³/mol. The fourth-order valence-electron chi connectivity index (χ4n) is 2.56. The maximum absolute atomic E-state index is 10.7. The normalized spacial score (nSPS) is 18.2. The van der Waals surface area contributed by atoms with Gasteiger partial charge in [0.25, 0.3) is 0 Å². The molecule has 0 saturated carbocycles. The van der Waals surface area contributed by atoms with Crippen LogP contribution in [0.4, 0.5) is 0 Å². The zero-order valence-corrected chi connectivity index (χ0v) is 13.2. The van der Waals surface area contributed by atoms with Crippen LogP contribution in [-0.2, 0) is 9.53 Å².